The fourth-order valence-electron chi connectivity index (χ4n) is 2.51. The number of hydrogen-bond donors (Lipinski definition) is 2. The molecule has 1 atom stereocenters. The second-order valence-corrected chi connectivity index (χ2v) is 8.77. The lowest BCUT2D eigenvalue weighted by atomic mass is 10.2. The molecule has 0 unspecified atom stereocenters. The van der Waals surface area contributed by atoms with E-state index in [-0.39, 0.29) is 17.3 Å². The van der Waals surface area contributed by atoms with Gasteiger partial charge >= 0.3 is 0 Å². The molecule has 0 fully saturated rings. The highest BCUT2D eigenvalue weighted by molar-refractivity contribution is 7.89. The maximum atomic E-state index is 12.5. The summed E-state index contributed by atoms with van der Waals surface area (Å²) in [5.74, 6) is 1.16. The lowest BCUT2D eigenvalue weighted by molar-refractivity contribution is -0.127. The van der Waals surface area contributed by atoms with Crippen LogP contribution in [0.2, 0.25) is 0 Å². The van der Waals surface area contributed by atoms with E-state index in [4.69, 9.17) is 9.47 Å². The maximum absolute atomic E-state index is 12.5. The number of hydrogen-bond acceptors (Lipinski definition) is 5. The molecule has 2 aromatic rings. The third kappa shape index (κ3) is 6.76. The first-order valence-corrected chi connectivity index (χ1v) is 10.9. The highest BCUT2D eigenvalue weighted by Gasteiger charge is 2.17. The van der Waals surface area contributed by atoms with E-state index in [1.54, 1.807) is 19.1 Å². The summed E-state index contributed by atoms with van der Waals surface area (Å²) in [6.07, 6.45) is -0.681. The number of carbonyl (C=O) groups is 1. The van der Waals surface area contributed by atoms with Gasteiger partial charge in [-0.3, -0.25) is 4.79 Å². The minimum Gasteiger partial charge on any atom is -0.496 e. The van der Waals surface area contributed by atoms with Crippen molar-refractivity contribution in [2.75, 3.05) is 13.7 Å². The molecule has 0 aromatic heterocycles. The Labute approximate surface area is 172 Å². The number of amides is 1. The Bertz CT molecular complexity index is 911. The Morgan fingerprint density at radius 1 is 1.03 bits per heavy atom. The van der Waals surface area contributed by atoms with Gasteiger partial charge < -0.3 is 14.8 Å². The molecule has 0 aliphatic carbocycles. The molecule has 0 radical (unpaired) electrons. The van der Waals surface area contributed by atoms with Gasteiger partial charge in [-0.05, 0) is 43.2 Å². The van der Waals surface area contributed by atoms with Crippen LogP contribution in [0, 0.1) is 5.92 Å². The summed E-state index contributed by atoms with van der Waals surface area (Å²) in [6, 6.07) is 13.2. The van der Waals surface area contributed by atoms with E-state index in [1.165, 1.54) is 31.4 Å². The Morgan fingerprint density at radius 3 is 2.31 bits per heavy atom. The molecule has 0 spiro atoms. The number of benzene rings is 2. The second-order valence-electron chi connectivity index (χ2n) is 7.01. The average Bonchev–Trinajstić information content (AvgIpc) is 2.71. The topological polar surface area (TPSA) is 93.7 Å². The molecular weight excluding hydrogens is 392 g/mol. The SMILES string of the molecule is COc1ccccc1CNS(=O)(=O)c1ccc(O[C@H](C)C(=O)NCC(C)C)cc1. The van der Waals surface area contributed by atoms with Gasteiger partial charge in [0.05, 0.1) is 12.0 Å². The molecule has 0 aliphatic heterocycles. The third-order valence-electron chi connectivity index (χ3n) is 4.15. The Kier molecular flexibility index (Phi) is 8.04. The number of sulfonamides is 1. The van der Waals surface area contributed by atoms with Gasteiger partial charge in [0.2, 0.25) is 10.0 Å². The number of methoxy groups -OCH3 is 1. The fraction of sp³-hybridized carbons (Fsp3) is 0.381. The third-order valence-corrected chi connectivity index (χ3v) is 5.56. The molecule has 2 rings (SSSR count). The van der Waals surface area contributed by atoms with Gasteiger partial charge in [-0.15, -0.1) is 0 Å². The number of carbonyl (C=O) groups excluding carboxylic acids is 1. The van der Waals surface area contributed by atoms with E-state index >= 15 is 0 Å². The molecule has 1 amide bonds. The van der Waals surface area contributed by atoms with Gasteiger partial charge in [-0.2, -0.15) is 0 Å². The van der Waals surface area contributed by atoms with Crippen molar-refractivity contribution >= 4 is 15.9 Å². The predicted octanol–water partition coefficient (Wildman–Crippen LogP) is 2.71. The molecule has 29 heavy (non-hydrogen) atoms. The summed E-state index contributed by atoms with van der Waals surface area (Å²) in [4.78, 5) is 12.1. The van der Waals surface area contributed by atoms with Crippen LogP contribution >= 0.6 is 0 Å². The zero-order chi connectivity index (χ0) is 21.4. The molecule has 2 aromatic carbocycles. The van der Waals surface area contributed by atoms with Crippen LogP contribution in [-0.2, 0) is 21.4 Å². The monoisotopic (exact) mass is 420 g/mol. The Balaban J connectivity index is 1.98. The van der Waals surface area contributed by atoms with Gasteiger partial charge in [0.1, 0.15) is 11.5 Å². The Morgan fingerprint density at radius 2 is 1.69 bits per heavy atom. The lowest BCUT2D eigenvalue weighted by Crippen LogP contribution is -2.38. The van der Waals surface area contributed by atoms with E-state index in [0.717, 1.165) is 5.56 Å². The van der Waals surface area contributed by atoms with E-state index in [0.29, 0.717) is 24.0 Å². The minimum absolute atomic E-state index is 0.108. The summed E-state index contributed by atoms with van der Waals surface area (Å²) >= 11 is 0. The van der Waals surface area contributed by atoms with E-state index < -0.39 is 16.1 Å². The van der Waals surface area contributed by atoms with Crippen molar-refractivity contribution in [3.63, 3.8) is 0 Å². The van der Waals surface area contributed by atoms with Gasteiger partial charge in [0.25, 0.3) is 5.91 Å². The molecule has 8 heteroatoms. The normalized spacial score (nSPS) is 12.4. The predicted molar refractivity (Wildman–Crippen MR) is 111 cm³/mol. The Hall–Kier alpha value is -2.58. The molecule has 0 saturated carbocycles. The van der Waals surface area contributed by atoms with E-state index in [9.17, 15) is 13.2 Å². The zero-order valence-corrected chi connectivity index (χ0v) is 18.0. The van der Waals surface area contributed by atoms with Crippen LogP contribution in [0.5, 0.6) is 11.5 Å². The van der Waals surface area contributed by atoms with Crippen LogP contribution in [0.1, 0.15) is 26.3 Å². The minimum atomic E-state index is -3.70. The standard InChI is InChI=1S/C21H28N2O5S/c1-15(2)13-22-21(24)16(3)28-18-9-11-19(12-10-18)29(25,26)23-14-17-7-5-6-8-20(17)27-4/h5-12,15-16,23H,13-14H2,1-4H3,(H,22,24)/t16-/m1/s1. The van der Waals surface area contributed by atoms with Crippen LogP contribution in [0.4, 0.5) is 0 Å². The number of rotatable bonds is 10. The first-order valence-electron chi connectivity index (χ1n) is 9.39. The number of ether oxygens (including phenoxy) is 2. The maximum Gasteiger partial charge on any atom is 0.260 e. The molecule has 0 bridgehead atoms. The van der Waals surface area contributed by atoms with Crippen molar-refractivity contribution in [1.82, 2.24) is 10.0 Å². The summed E-state index contributed by atoms with van der Waals surface area (Å²) in [5.41, 5.74) is 0.736. The highest BCUT2D eigenvalue weighted by Crippen LogP contribution is 2.20. The quantitative estimate of drug-likeness (QED) is 0.616. The molecule has 7 nitrogen and oxygen atoms in total. The van der Waals surface area contributed by atoms with E-state index in [2.05, 4.69) is 10.0 Å². The average molecular weight is 421 g/mol. The van der Waals surface area contributed by atoms with Crippen molar-refractivity contribution in [3.8, 4) is 11.5 Å². The van der Waals surface area contributed by atoms with Crippen LogP contribution in [0.15, 0.2) is 53.4 Å². The summed E-state index contributed by atoms with van der Waals surface area (Å²) in [7, 11) is -2.17. The van der Waals surface area contributed by atoms with Crippen molar-refractivity contribution in [3.05, 3.63) is 54.1 Å². The second kappa shape index (κ2) is 10.3. The van der Waals surface area contributed by atoms with Gasteiger partial charge in [0.15, 0.2) is 6.10 Å². The summed E-state index contributed by atoms with van der Waals surface area (Å²) in [6.45, 7) is 6.34. The van der Waals surface area contributed by atoms with E-state index in [1.807, 2.05) is 26.0 Å². The number of para-hydroxylation sites is 1. The lowest BCUT2D eigenvalue weighted by Gasteiger charge is -2.16. The largest absolute Gasteiger partial charge is 0.496 e. The van der Waals surface area contributed by atoms with Crippen molar-refractivity contribution in [1.29, 1.82) is 0 Å². The molecule has 158 valence electrons. The van der Waals surface area contributed by atoms with Gasteiger partial charge in [-0.1, -0.05) is 32.0 Å². The molecule has 2 N–H and O–H groups in total. The summed E-state index contributed by atoms with van der Waals surface area (Å²) < 4.78 is 38.5. The van der Waals surface area contributed by atoms with Crippen molar-refractivity contribution < 1.29 is 22.7 Å². The summed E-state index contributed by atoms with van der Waals surface area (Å²) in [5, 5.41) is 2.80. The van der Waals surface area contributed by atoms with Crippen LogP contribution in [0.25, 0.3) is 0 Å². The van der Waals surface area contributed by atoms with Crippen molar-refractivity contribution in [2.45, 2.75) is 38.3 Å². The zero-order valence-electron chi connectivity index (χ0n) is 17.1. The first-order chi connectivity index (χ1) is 13.7. The molecule has 0 heterocycles. The smallest absolute Gasteiger partial charge is 0.260 e. The first kappa shape index (κ1) is 22.7. The van der Waals surface area contributed by atoms with Crippen LogP contribution < -0.4 is 19.5 Å². The molecule has 0 aliphatic rings. The highest BCUT2D eigenvalue weighted by atomic mass is 32.2. The van der Waals surface area contributed by atoms with Crippen LogP contribution in [0.3, 0.4) is 0 Å². The fourth-order valence-corrected chi connectivity index (χ4v) is 3.52. The van der Waals surface area contributed by atoms with Gasteiger partial charge in [-0.25, -0.2) is 13.1 Å². The molecule has 0 saturated heterocycles. The number of nitrogens with one attached hydrogen (secondary N) is 2. The van der Waals surface area contributed by atoms with Crippen LogP contribution in [-0.4, -0.2) is 34.1 Å². The van der Waals surface area contributed by atoms with Crippen molar-refractivity contribution in [2.24, 2.45) is 5.92 Å². The van der Waals surface area contributed by atoms with Gasteiger partial charge in [0, 0.05) is 18.7 Å². The molecular formula is C21H28N2O5S.